The normalized spacial score (nSPS) is 13.7. The minimum absolute atomic E-state index is 0.0153. The summed E-state index contributed by atoms with van der Waals surface area (Å²) < 4.78 is 69.9. The van der Waals surface area contributed by atoms with Crippen LogP contribution in [0.3, 0.4) is 0 Å². The SMILES string of the molecule is COc1ncc(-n2cc3c(n2)CN(C(=O)c2c(O[C@@H](C)C(F)(F)F)ccc(C#N)c2OC)C3)cc1F. The Morgan fingerprint density at radius 1 is 1.22 bits per heavy atom. The van der Waals surface area contributed by atoms with Gasteiger partial charge in [-0.05, 0) is 19.1 Å². The molecule has 0 unspecified atom stereocenters. The van der Waals surface area contributed by atoms with E-state index in [2.05, 4.69) is 10.1 Å². The van der Waals surface area contributed by atoms with Gasteiger partial charge in [-0.25, -0.2) is 14.1 Å². The average Bonchev–Trinajstić information content (AvgIpc) is 3.42. The first-order chi connectivity index (χ1) is 17.1. The number of rotatable bonds is 6. The third-order valence-corrected chi connectivity index (χ3v) is 5.54. The number of aromatic nitrogens is 3. The van der Waals surface area contributed by atoms with Gasteiger partial charge in [0.25, 0.3) is 5.91 Å². The molecule has 0 saturated heterocycles. The predicted octanol–water partition coefficient (Wildman–Crippen LogP) is 3.78. The van der Waals surface area contributed by atoms with Gasteiger partial charge in [-0.15, -0.1) is 0 Å². The molecule has 4 rings (SSSR count). The number of hydrogen-bond donors (Lipinski definition) is 0. The molecular weight excluding hydrogens is 486 g/mol. The first-order valence-corrected chi connectivity index (χ1v) is 10.5. The number of nitriles is 1. The molecule has 0 fully saturated rings. The lowest BCUT2D eigenvalue weighted by atomic mass is 10.1. The van der Waals surface area contributed by atoms with Crippen LogP contribution >= 0.6 is 0 Å². The van der Waals surface area contributed by atoms with Crippen molar-refractivity contribution in [1.82, 2.24) is 19.7 Å². The monoisotopic (exact) mass is 505 g/mol. The Hall–Kier alpha value is -4.34. The highest BCUT2D eigenvalue weighted by Crippen LogP contribution is 2.37. The van der Waals surface area contributed by atoms with E-state index in [-0.39, 0.29) is 41.6 Å². The second-order valence-electron chi connectivity index (χ2n) is 7.82. The molecular formula is C23H19F4N5O4. The minimum atomic E-state index is -4.68. The molecule has 3 heterocycles. The molecule has 0 aliphatic carbocycles. The molecule has 1 aromatic carbocycles. The predicted molar refractivity (Wildman–Crippen MR) is 115 cm³/mol. The summed E-state index contributed by atoms with van der Waals surface area (Å²) in [4.78, 5) is 18.7. The van der Waals surface area contributed by atoms with Crippen LogP contribution in [0.5, 0.6) is 17.4 Å². The van der Waals surface area contributed by atoms with Gasteiger partial charge in [-0.1, -0.05) is 0 Å². The van der Waals surface area contributed by atoms with Gasteiger partial charge in [0.1, 0.15) is 17.4 Å². The van der Waals surface area contributed by atoms with E-state index in [0.717, 1.165) is 13.0 Å². The molecule has 0 radical (unpaired) electrons. The first kappa shape index (κ1) is 24.8. The Balaban J connectivity index is 1.63. The maximum absolute atomic E-state index is 14.0. The second kappa shape index (κ2) is 9.37. The minimum Gasteiger partial charge on any atom is -0.494 e. The van der Waals surface area contributed by atoms with Gasteiger partial charge in [-0.3, -0.25) is 4.79 Å². The molecule has 1 aliphatic rings. The van der Waals surface area contributed by atoms with Crippen LogP contribution in [0.15, 0.2) is 30.6 Å². The van der Waals surface area contributed by atoms with Crippen molar-refractivity contribution in [3.63, 3.8) is 0 Å². The van der Waals surface area contributed by atoms with Gasteiger partial charge < -0.3 is 19.1 Å². The van der Waals surface area contributed by atoms with E-state index in [0.29, 0.717) is 16.9 Å². The van der Waals surface area contributed by atoms with Crippen molar-refractivity contribution < 1.29 is 36.6 Å². The van der Waals surface area contributed by atoms with E-state index in [4.69, 9.17) is 14.2 Å². The van der Waals surface area contributed by atoms with Crippen molar-refractivity contribution in [2.24, 2.45) is 0 Å². The number of amides is 1. The van der Waals surface area contributed by atoms with Crippen LogP contribution in [0.4, 0.5) is 17.6 Å². The maximum Gasteiger partial charge on any atom is 0.425 e. The number of nitrogens with zero attached hydrogens (tertiary/aromatic N) is 5. The number of benzene rings is 1. The topological polar surface area (TPSA) is 103 Å². The fourth-order valence-corrected chi connectivity index (χ4v) is 3.70. The van der Waals surface area contributed by atoms with Crippen molar-refractivity contribution in [3.05, 3.63) is 58.8 Å². The van der Waals surface area contributed by atoms with E-state index in [1.54, 1.807) is 6.20 Å². The molecule has 2 aromatic heterocycles. The summed E-state index contributed by atoms with van der Waals surface area (Å²) in [6, 6.07) is 5.41. The molecule has 13 heteroatoms. The van der Waals surface area contributed by atoms with Crippen LogP contribution in [0, 0.1) is 17.1 Å². The summed E-state index contributed by atoms with van der Waals surface area (Å²) in [7, 11) is 2.50. The van der Waals surface area contributed by atoms with Crippen molar-refractivity contribution >= 4 is 5.91 Å². The number of halogens is 4. The quantitative estimate of drug-likeness (QED) is 0.470. The summed E-state index contributed by atoms with van der Waals surface area (Å²) in [5.41, 5.74) is 1.14. The third-order valence-electron chi connectivity index (χ3n) is 5.54. The Kier molecular flexibility index (Phi) is 6.45. The zero-order chi connectivity index (χ0) is 26.2. The molecule has 3 aromatic rings. The Morgan fingerprint density at radius 3 is 2.56 bits per heavy atom. The lowest BCUT2D eigenvalue weighted by Crippen LogP contribution is -2.33. The van der Waals surface area contributed by atoms with Gasteiger partial charge in [0.15, 0.2) is 17.7 Å². The molecule has 9 nitrogen and oxygen atoms in total. The molecule has 0 spiro atoms. The van der Waals surface area contributed by atoms with Gasteiger partial charge in [0.2, 0.25) is 5.88 Å². The number of pyridine rings is 1. The first-order valence-electron chi connectivity index (χ1n) is 10.5. The largest absolute Gasteiger partial charge is 0.494 e. The molecule has 0 saturated carbocycles. The highest BCUT2D eigenvalue weighted by atomic mass is 19.4. The van der Waals surface area contributed by atoms with Crippen LogP contribution in [0.2, 0.25) is 0 Å². The number of alkyl halides is 3. The highest BCUT2D eigenvalue weighted by Gasteiger charge is 2.40. The highest BCUT2D eigenvalue weighted by molar-refractivity contribution is 6.00. The standard InChI is InChI=1S/C23H19F4N5O4/c1-12(23(25,26)27)36-18-5-4-13(7-28)20(34-2)19(18)22(33)31-9-14-10-32(30-17(14)11-31)15-6-16(24)21(35-3)29-8-15/h4-6,8,10,12H,9,11H2,1-3H3/t12-/m0/s1. The Bertz CT molecular complexity index is 1340. The summed E-state index contributed by atoms with van der Waals surface area (Å²) in [6.07, 6.45) is -3.92. The van der Waals surface area contributed by atoms with Crippen molar-refractivity contribution in [2.75, 3.05) is 14.2 Å². The number of methoxy groups -OCH3 is 2. The zero-order valence-electron chi connectivity index (χ0n) is 19.3. The number of carbonyl (C=O) groups is 1. The van der Waals surface area contributed by atoms with E-state index in [1.807, 2.05) is 6.07 Å². The molecule has 1 aliphatic heterocycles. The lowest BCUT2D eigenvalue weighted by molar-refractivity contribution is -0.189. The third kappa shape index (κ3) is 4.49. The van der Waals surface area contributed by atoms with Gasteiger partial charge in [0, 0.05) is 24.4 Å². The average molecular weight is 505 g/mol. The molecule has 36 heavy (non-hydrogen) atoms. The van der Waals surface area contributed by atoms with Crippen molar-refractivity contribution in [3.8, 4) is 29.1 Å². The molecule has 0 bridgehead atoms. The van der Waals surface area contributed by atoms with Crippen LogP contribution in [0.25, 0.3) is 5.69 Å². The van der Waals surface area contributed by atoms with Crippen LogP contribution in [0.1, 0.15) is 34.1 Å². The lowest BCUT2D eigenvalue weighted by Gasteiger charge is -2.23. The molecule has 1 amide bonds. The smallest absolute Gasteiger partial charge is 0.425 e. The second-order valence-corrected chi connectivity index (χ2v) is 7.82. The number of ether oxygens (including phenoxy) is 3. The number of carbonyl (C=O) groups excluding carboxylic acids is 1. The molecule has 0 N–H and O–H groups in total. The van der Waals surface area contributed by atoms with Crippen LogP contribution in [-0.4, -0.2) is 52.1 Å². The Labute approximate surface area is 202 Å². The van der Waals surface area contributed by atoms with Crippen LogP contribution < -0.4 is 14.2 Å². The maximum atomic E-state index is 14.0. The van der Waals surface area contributed by atoms with E-state index in [9.17, 15) is 27.6 Å². The van der Waals surface area contributed by atoms with Gasteiger partial charge in [-0.2, -0.15) is 23.5 Å². The van der Waals surface area contributed by atoms with Gasteiger partial charge in [0.05, 0.1) is 43.9 Å². The van der Waals surface area contributed by atoms with E-state index >= 15 is 0 Å². The van der Waals surface area contributed by atoms with E-state index < -0.39 is 24.0 Å². The van der Waals surface area contributed by atoms with Crippen molar-refractivity contribution in [1.29, 1.82) is 5.26 Å². The summed E-state index contributed by atoms with van der Waals surface area (Å²) in [5, 5.41) is 13.8. The summed E-state index contributed by atoms with van der Waals surface area (Å²) in [5.74, 6) is -2.09. The number of hydrogen-bond acceptors (Lipinski definition) is 7. The van der Waals surface area contributed by atoms with Crippen molar-refractivity contribution in [2.45, 2.75) is 32.3 Å². The van der Waals surface area contributed by atoms with E-state index in [1.165, 1.54) is 42.1 Å². The fourth-order valence-electron chi connectivity index (χ4n) is 3.70. The number of fused-ring (bicyclic) bond motifs is 1. The zero-order valence-corrected chi connectivity index (χ0v) is 19.3. The summed E-state index contributed by atoms with van der Waals surface area (Å²) in [6.45, 7) is 0.889. The fraction of sp³-hybridized carbons (Fsp3) is 0.304. The molecule has 188 valence electrons. The van der Waals surface area contributed by atoms with Gasteiger partial charge >= 0.3 is 6.18 Å². The summed E-state index contributed by atoms with van der Waals surface area (Å²) >= 11 is 0. The Morgan fingerprint density at radius 2 is 1.97 bits per heavy atom. The van der Waals surface area contributed by atoms with Crippen LogP contribution in [-0.2, 0) is 13.1 Å². The molecule has 1 atom stereocenters.